The Morgan fingerprint density at radius 3 is 2.58 bits per heavy atom. The van der Waals surface area contributed by atoms with Crippen LogP contribution in [-0.2, 0) is 0 Å². The quantitative estimate of drug-likeness (QED) is 0.533. The van der Waals surface area contributed by atoms with Gasteiger partial charge in [0.1, 0.15) is 11.4 Å². The number of hydrogen-bond donors (Lipinski definition) is 1. The van der Waals surface area contributed by atoms with Crippen LogP contribution in [0.25, 0.3) is 0 Å². The largest absolute Gasteiger partial charge is 0.355 e. The Labute approximate surface area is 113 Å². The van der Waals surface area contributed by atoms with E-state index < -0.39 is 33.6 Å². The molecule has 0 unspecified atom stereocenters. The summed E-state index contributed by atoms with van der Waals surface area (Å²) in [6.07, 6.45) is 1.24. The summed E-state index contributed by atoms with van der Waals surface area (Å²) in [6, 6.07) is 2.69. The lowest BCUT2D eigenvalue weighted by molar-refractivity contribution is -0.387. The summed E-state index contributed by atoms with van der Waals surface area (Å²) < 4.78 is 27.8. The maximum atomic E-state index is 13.8. The van der Waals surface area contributed by atoms with Gasteiger partial charge in [0.25, 0.3) is 0 Å². The first kappa shape index (κ1) is 13.3. The molecule has 1 aromatic heterocycles. The van der Waals surface area contributed by atoms with Crippen molar-refractivity contribution >= 4 is 27.4 Å². The molecule has 0 aliphatic carbocycles. The third-order valence-corrected chi connectivity index (χ3v) is 2.86. The summed E-state index contributed by atoms with van der Waals surface area (Å²) in [4.78, 5) is 24.1. The number of carbonyl (C=O) groups is 1. The molecule has 0 amide bonds. The molecule has 0 saturated heterocycles. The van der Waals surface area contributed by atoms with Crippen LogP contribution < -0.4 is 0 Å². The van der Waals surface area contributed by atoms with Gasteiger partial charge in [-0.25, -0.2) is 4.39 Å². The molecule has 0 atom stereocenters. The number of aromatic nitrogens is 1. The molecule has 0 saturated carbocycles. The van der Waals surface area contributed by atoms with Gasteiger partial charge in [0, 0.05) is 17.8 Å². The zero-order valence-corrected chi connectivity index (χ0v) is 10.7. The molecule has 19 heavy (non-hydrogen) atoms. The highest BCUT2D eigenvalue weighted by atomic mass is 79.9. The van der Waals surface area contributed by atoms with Gasteiger partial charge in [-0.2, -0.15) is 4.39 Å². The van der Waals surface area contributed by atoms with Crippen LogP contribution in [0.1, 0.15) is 15.9 Å². The molecule has 0 aliphatic rings. The van der Waals surface area contributed by atoms with Crippen LogP contribution in [0.2, 0.25) is 0 Å². The zero-order chi connectivity index (χ0) is 14.2. The standard InChI is InChI=1S/C11H5BrF2N2O3/c12-8-3-5(4-15-8)11(17)9-6(13)1-2-7(10(9)14)16(18)19/h1-4,15H. The van der Waals surface area contributed by atoms with E-state index in [1.807, 2.05) is 0 Å². The average molecular weight is 331 g/mol. The normalized spacial score (nSPS) is 10.5. The van der Waals surface area contributed by atoms with Crippen LogP contribution in [0.5, 0.6) is 0 Å². The lowest BCUT2D eigenvalue weighted by Gasteiger charge is -2.03. The fourth-order valence-electron chi connectivity index (χ4n) is 1.53. The highest BCUT2D eigenvalue weighted by Crippen LogP contribution is 2.25. The van der Waals surface area contributed by atoms with Crippen LogP contribution in [0.3, 0.4) is 0 Å². The number of hydrogen-bond acceptors (Lipinski definition) is 3. The molecular weight excluding hydrogens is 326 g/mol. The number of carbonyl (C=O) groups excluding carboxylic acids is 1. The van der Waals surface area contributed by atoms with Crippen molar-refractivity contribution in [2.45, 2.75) is 0 Å². The minimum absolute atomic E-state index is 0.00910. The number of nitrogens with one attached hydrogen (secondary N) is 1. The second-order valence-electron chi connectivity index (χ2n) is 3.58. The Kier molecular flexibility index (Phi) is 3.43. The molecule has 0 aliphatic heterocycles. The van der Waals surface area contributed by atoms with Gasteiger partial charge >= 0.3 is 5.69 Å². The van der Waals surface area contributed by atoms with Crippen molar-refractivity contribution in [3.63, 3.8) is 0 Å². The summed E-state index contributed by atoms with van der Waals surface area (Å²) in [5, 5.41) is 10.6. The van der Waals surface area contributed by atoms with Crippen molar-refractivity contribution in [2.75, 3.05) is 0 Å². The molecule has 1 N–H and O–H groups in total. The number of nitro groups is 1. The predicted molar refractivity (Wildman–Crippen MR) is 64.9 cm³/mol. The Balaban J connectivity index is 2.59. The minimum Gasteiger partial charge on any atom is -0.355 e. The van der Waals surface area contributed by atoms with Gasteiger partial charge in [0.05, 0.1) is 9.53 Å². The summed E-state index contributed by atoms with van der Waals surface area (Å²) in [5.74, 6) is -3.60. The Bertz CT molecular complexity index is 685. The number of nitrogens with zero attached hydrogens (tertiary/aromatic N) is 1. The Morgan fingerprint density at radius 2 is 2.05 bits per heavy atom. The van der Waals surface area contributed by atoms with Gasteiger partial charge in [-0.1, -0.05) is 0 Å². The van der Waals surface area contributed by atoms with Crippen molar-refractivity contribution < 1.29 is 18.5 Å². The van der Waals surface area contributed by atoms with Gasteiger partial charge < -0.3 is 4.98 Å². The maximum absolute atomic E-state index is 13.8. The lowest BCUT2D eigenvalue weighted by atomic mass is 10.0. The zero-order valence-electron chi connectivity index (χ0n) is 9.12. The fraction of sp³-hybridized carbons (Fsp3) is 0. The SMILES string of the molecule is O=C(c1c[nH]c(Br)c1)c1c(F)ccc([N+](=O)[O-])c1F. The van der Waals surface area contributed by atoms with Gasteiger partial charge in [-0.3, -0.25) is 14.9 Å². The first-order valence-electron chi connectivity index (χ1n) is 4.93. The first-order chi connectivity index (χ1) is 8.91. The summed E-state index contributed by atoms with van der Waals surface area (Å²) in [5.41, 5.74) is -1.90. The molecule has 2 aromatic rings. The third kappa shape index (κ3) is 2.39. The Morgan fingerprint density at radius 1 is 1.37 bits per heavy atom. The smallest absolute Gasteiger partial charge is 0.305 e. The predicted octanol–water partition coefficient (Wildman–Crippen LogP) is 3.19. The highest BCUT2D eigenvalue weighted by Gasteiger charge is 2.27. The van der Waals surface area contributed by atoms with Gasteiger partial charge in [-0.15, -0.1) is 0 Å². The summed E-state index contributed by atoms with van der Waals surface area (Å²) in [7, 11) is 0. The van der Waals surface area contributed by atoms with Crippen LogP contribution in [0.15, 0.2) is 29.0 Å². The van der Waals surface area contributed by atoms with E-state index in [9.17, 15) is 23.7 Å². The van der Waals surface area contributed by atoms with Gasteiger partial charge in [0.2, 0.25) is 11.6 Å². The molecule has 98 valence electrons. The molecule has 5 nitrogen and oxygen atoms in total. The van der Waals surface area contributed by atoms with Crippen molar-refractivity contribution in [2.24, 2.45) is 0 Å². The van der Waals surface area contributed by atoms with Crippen LogP contribution in [-0.4, -0.2) is 15.7 Å². The monoisotopic (exact) mass is 330 g/mol. The molecule has 8 heteroatoms. The number of ketones is 1. The number of rotatable bonds is 3. The van der Waals surface area contributed by atoms with Crippen LogP contribution in [0.4, 0.5) is 14.5 Å². The number of aromatic amines is 1. The topological polar surface area (TPSA) is 76.0 Å². The second kappa shape index (κ2) is 4.88. The molecular formula is C11H5BrF2N2O3. The van der Waals surface area contributed by atoms with E-state index in [2.05, 4.69) is 20.9 Å². The highest BCUT2D eigenvalue weighted by molar-refractivity contribution is 9.10. The van der Waals surface area contributed by atoms with Crippen LogP contribution in [0, 0.1) is 21.7 Å². The second-order valence-corrected chi connectivity index (χ2v) is 4.43. The fourth-order valence-corrected chi connectivity index (χ4v) is 1.89. The van der Waals surface area contributed by atoms with Crippen molar-refractivity contribution in [3.05, 3.63) is 61.9 Å². The maximum Gasteiger partial charge on any atom is 0.305 e. The lowest BCUT2D eigenvalue weighted by Crippen LogP contribution is -2.09. The molecule has 0 fully saturated rings. The van der Waals surface area contributed by atoms with E-state index in [-0.39, 0.29) is 5.56 Å². The summed E-state index contributed by atoms with van der Waals surface area (Å²) in [6.45, 7) is 0. The van der Waals surface area contributed by atoms with Crippen molar-refractivity contribution in [3.8, 4) is 0 Å². The number of halogens is 3. The molecule has 0 bridgehead atoms. The van der Waals surface area contributed by atoms with Gasteiger partial charge in [-0.05, 0) is 28.1 Å². The van der Waals surface area contributed by atoms with E-state index in [0.717, 1.165) is 0 Å². The van der Waals surface area contributed by atoms with Crippen molar-refractivity contribution in [1.29, 1.82) is 0 Å². The van der Waals surface area contributed by atoms with Gasteiger partial charge in [0.15, 0.2) is 0 Å². The molecule has 0 spiro atoms. The first-order valence-corrected chi connectivity index (χ1v) is 5.72. The molecule has 2 rings (SSSR count). The Hall–Kier alpha value is -2.09. The van der Waals surface area contributed by atoms with E-state index in [0.29, 0.717) is 16.7 Å². The number of H-pyrrole nitrogens is 1. The minimum atomic E-state index is -1.48. The number of nitro benzene ring substituents is 1. The van der Waals surface area contributed by atoms with E-state index in [1.54, 1.807) is 0 Å². The van der Waals surface area contributed by atoms with E-state index >= 15 is 0 Å². The van der Waals surface area contributed by atoms with E-state index in [1.165, 1.54) is 12.3 Å². The summed E-state index contributed by atoms with van der Waals surface area (Å²) >= 11 is 3.04. The van der Waals surface area contributed by atoms with E-state index in [4.69, 9.17) is 0 Å². The third-order valence-electron chi connectivity index (χ3n) is 2.40. The van der Waals surface area contributed by atoms with Crippen LogP contribution >= 0.6 is 15.9 Å². The number of benzene rings is 1. The van der Waals surface area contributed by atoms with Crippen molar-refractivity contribution in [1.82, 2.24) is 4.98 Å². The molecule has 1 heterocycles. The molecule has 0 radical (unpaired) electrons. The molecule has 1 aromatic carbocycles. The average Bonchev–Trinajstić information content (AvgIpc) is 2.75.